The number of amides is 1. The first-order chi connectivity index (χ1) is 15.2. The number of likely N-dealkylation sites (tertiary alicyclic amines) is 1. The van der Waals surface area contributed by atoms with Crippen LogP contribution in [0.25, 0.3) is 5.65 Å². The zero-order valence-corrected chi connectivity index (χ0v) is 16.9. The number of piperidine rings is 1. The zero-order chi connectivity index (χ0) is 21.2. The lowest BCUT2D eigenvalue weighted by Crippen LogP contribution is -2.38. The fraction of sp³-hybridized carbons (Fsp3) is 0.273. The molecule has 0 unspecified atom stereocenters. The van der Waals surface area contributed by atoms with Crippen LogP contribution in [0.3, 0.4) is 0 Å². The molecular formula is C22H21BN6O2. The molecule has 1 fully saturated rings. The van der Waals surface area contributed by atoms with Gasteiger partial charge in [-0.05, 0) is 42.1 Å². The number of pyridine rings is 1. The van der Waals surface area contributed by atoms with Gasteiger partial charge in [0.2, 0.25) is 0 Å². The SMILES string of the molecule is [B]c1cnn2c(NCc3cccnc3)cc(C3CCN(C(=O)c4ccco4)CC3)nc12. The first-order valence-electron chi connectivity index (χ1n) is 10.3. The number of fused-ring (bicyclic) bond motifs is 1. The van der Waals surface area contributed by atoms with E-state index in [-0.39, 0.29) is 11.8 Å². The highest BCUT2D eigenvalue weighted by atomic mass is 16.3. The average molecular weight is 412 g/mol. The van der Waals surface area contributed by atoms with Crippen molar-refractivity contribution in [1.82, 2.24) is 24.5 Å². The van der Waals surface area contributed by atoms with E-state index in [4.69, 9.17) is 17.2 Å². The van der Waals surface area contributed by atoms with Crippen LogP contribution in [0.1, 0.15) is 40.6 Å². The molecule has 4 aromatic heterocycles. The predicted molar refractivity (Wildman–Crippen MR) is 117 cm³/mol. The van der Waals surface area contributed by atoms with E-state index in [2.05, 4.69) is 15.4 Å². The summed E-state index contributed by atoms with van der Waals surface area (Å²) in [4.78, 5) is 23.3. The van der Waals surface area contributed by atoms with Crippen molar-refractivity contribution >= 4 is 30.7 Å². The Balaban J connectivity index is 1.35. The third-order valence-corrected chi connectivity index (χ3v) is 5.65. The van der Waals surface area contributed by atoms with Crippen LogP contribution in [0.5, 0.6) is 0 Å². The number of nitrogens with zero attached hydrogens (tertiary/aromatic N) is 5. The number of hydrogen-bond donors (Lipinski definition) is 1. The summed E-state index contributed by atoms with van der Waals surface area (Å²) in [5.41, 5.74) is 3.20. The van der Waals surface area contributed by atoms with E-state index in [9.17, 15) is 4.79 Å². The quantitative estimate of drug-likeness (QED) is 0.506. The lowest BCUT2D eigenvalue weighted by molar-refractivity contribution is 0.0680. The molecule has 0 aliphatic carbocycles. The monoisotopic (exact) mass is 412 g/mol. The van der Waals surface area contributed by atoms with E-state index in [1.165, 1.54) is 6.26 Å². The average Bonchev–Trinajstić information content (AvgIpc) is 3.48. The molecule has 0 aromatic carbocycles. The Labute approximate surface area is 180 Å². The maximum atomic E-state index is 12.5. The molecule has 0 bridgehead atoms. The van der Waals surface area contributed by atoms with Gasteiger partial charge in [-0.1, -0.05) is 6.07 Å². The summed E-state index contributed by atoms with van der Waals surface area (Å²) in [6.45, 7) is 1.93. The number of carbonyl (C=O) groups excluding carboxylic acids is 1. The molecule has 4 aromatic rings. The highest BCUT2D eigenvalue weighted by Crippen LogP contribution is 2.29. The minimum absolute atomic E-state index is 0.0641. The minimum atomic E-state index is -0.0641. The third-order valence-electron chi connectivity index (χ3n) is 5.65. The molecule has 0 spiro atoms. The van der Waals surface area contributed by atoms with E-state index >= 15 is 0 Å². The standard InChI is InChI=1S/C22H21BN6O2/c23-17-14-26-29-20(25-13-15-3-1-7-24-12-15)11-18(27-21(17)29)16-5-8-28(9-6-16)22(30)19-4-2-10-31-19/h1-4,7,10-12,14,16,25H,5-6,8-9,13H2. The van der Waals surface area contributed by atoms with Crippen LogP contribution >= 0.6 is 0 Å². The molecular weight excluding hydrogens is 391 g/mol. The Morgan fingerprint density at radius 1 is 1.23 bits per heavy atom. The van der Waals surface area contributed by atoms with Crippen LogP contribution in [0.4, 0.5) is 5.82 Å². The van der Waals surface area contributed by atoms with Crippen molar-refractivity contribution in [2.24, 2.45) is 0 Å². The van der Waals surface area contributed by atoms with Gasteiger partial charge in [-0.2, -0.15) is 9.61 Å². The van der Waals surface area contributed by atoms with Crippen LogP contribution in [0.15, 0.2) is 59.6 Å². The van der Waals surface area contributed by atoms with Gasteiger partial charge >= 0.3 is 0 Å². The highest BCUT2D eigenvalue weighted by Gasteiger charge is 2.27. The van der Waals surface area contributed by atoms with Crippen LogP contribution in [0, 0.1) is 0 Å². The number of aromatic nitrogens is 4. The first-order valence-corrected chi connectivity index (χ1v) is 10.3. The van der Waals surface area contributed by atoms with Crippen LogP contribution in [-0.2, 0) is 6.54 Å². The van der Waals surface area contributed by atoms with E-state index in [0.29, 0.717) is 36.5 Å². The number of furan rings is 1. The van der Waals surface area contributed by atoms with Gasteiger partial charge in [0.15, 0.2) is 5.76 Å². The van der Waals surface area contributed by atoms with Gasteiger partial charge in [0.1, 0.15) is 19.3 Å². The molecule has 154 valence electrons. The number of anilines is 1. The van der Waals surface area contributed by atoms with Crippen molar-refractivity contribution in [2.45, 2.75) is 25.3 Å². The minimum Gasteiger partial charge on any atom is -0.459 e. The van der Waals surface area contributed by atoms with Gasteiger partial charge < -0.3 is 14.6 Å². The van der Waals surface area contributed by atoms with Crippen LogP contribution < -0.4 is 10.8 Å². The largest absolute Gasteiger partial charge is 0.459 e. The van der Waals surface area contributed by atoms with Gasteiger partial charge in [-0.25, -0.2) is 4.98 Å². The summed E-state index contributed by atoms with van der Waals surface area (Å²) < 4.78 is 6.98. The number of rotatable bonds is 5. The Morgan fingerprint density at radius 2 is 2.10 bits per heavy atom. The Bertz CT molecular complexity index is 1180. The molecule has 8 nitrogen and oxygen atoms in total. The van der Waals surface area contributed by atoms with Gasteiger partial charge in [0, 0.05) is 55.9 Å². The summed E-state index contributed by atoms with van der Waals surface area (Å²) in [6.07, 6.45) is 8.37. The number of nitrogens with one attached hydrogen (secondary N) is 1. The van der Waals surface area contributed by atoms with Crippen molar-refractivity contribution in [2.75, 3.05) is 18.4 Å². The van der Waals surface area contributed by atoms with E-state index in [0.717, 1.165) is 29.9 Å². The topological polar surface area (TPSA) is 88.6 Å². The molecule has 1 N–H and O–H groups in total. The van der Waals surface area contributed by atoms with Gasteiger partial charge in [0.25, 0.3) is 5.91 Å². The molecule has 0 saturated carbocycles. The molecule has 2 radical (unpaired) electrons. The second-order valence-corrected chi connectivity index (χ2v) is 7.66. The van der Waals surface area contributed by atoms with Gasteiger partial charge in [-0.3, -0.25) is 9.78 Å². The van der Waals surface area contributed by atoms with Gasteiger partial charge in [-0.15, -0.1) is 0 Å². The Kier molecular flexibility index (Phi) is 5.15. The normalized spacial score (nSPS) is 14.8. The summed E-state index contributed by atoms with van der Waals surface area (Å²) in [5, 5.41) is 7.80. The fourth-order valence-electron chi connectivity index (χ4n) is 3.96. The molecule has 1 aliphatic heterocycles. The van der Waals surface area contributed by atoms with Crippen molar-refractivity contribution in [3.05, 3.63) is 72.2 Å². The summed E-state index contributed by atoms with van der Waals surface area (Å²) in [7, 11) is 6.12. The zero-order valence-electron chi connectivity index (χ0n) is 16.9. The fourth-order valence-corrected chi connectivity index (χ4v) is 3.96. The molecule has 5 heterocycles. The van der Waals surface area contributed by atoms with Crippen molar-refractivity contribution < 1.29 is 9.21 Å². The highest BCUT2D eigenvalue weighted by molar-refractivity contribution is 6.36. The molecule has 9 heteroatoms. The van der Waals surface area contributed by atoms with Crippen molar-refractivity contribution in [3.63, 3.8) is 0 Å². The Morgan fingerprint density at radius 3 is 2.84 bits per heavy atom. The first kappa shape index (κ1) is 19.4. The van der Waals surface area contributed by atoms with E-state index in [1.54, 1.807) is 29.0 Å². The molecule has 0 atom stereocenters. The third kappa shape index (κ3) is 3.91. The summed E-state index contributed by atoms with van der Waals surface area (Å²) in [6, 6.07) is 9.39. The predicted octanol–water partition coefficient (Wildman–Crippen LogP) is 2.14. The number of carbonyl (C=O) groups is 1. The van der Waals surface area contributed by atoms with Crippen molar-refractivity contribution in [1.29, 1.82) is 0 Å². The maximum absolute atomic E-state index is 12.5. The lowest BCUT2D eigenvalue weighted by Gasteiger charge is -2.31. The molecule has 1 saturated heterocycles. The maximum Gasteiger partial charge on any atom is 0.289 e. The van der Waals surface area contributed by atoms with E-state index < -0.39 is 0 Å². The van der Waals surface area contributed by atoms with E-state index in [1.807, 2.05) is 29.3 Å². The molecule has 5 rings (SSSR count). The molecule has 31 heavy (non-hydrogen) atoms. The second-order valence-electron chi connectivity index (χ2n) is 7.66. The van der Waals surface area contributed by atoms with Crippen LogP contribution in [0.2, 0.25) is 0 Å². The summed E-state index contributed by atoms with van der Waals surface area (Å²) in [5.74, 6) is 1.38. The van der Waals surface area contributed by atoms with Crippen molar-refractivity contribution in [3.8, 4) is 0 Å². The molecule has 1 amide bonds. The smallest absolute Gasteiger partial charge is 0.289 e. The Hall–Kier alpha value is -3.62. The lowest BCUT2D eigenvalue weighted by atomic mass is 9.92. The molecule has 1 aliphatic rings. The van der Waals surface area contributed by atoms with Gasteiger partial charge in [0.05, 0.1) is 6.26 Å². The van der Waals surface area contributed by atoms with Crippen LogP contribution in [-0.4, -0.2) is 51.3 Å². The summed E-state index contributed by atoms with van der Waals surface area (Å²) >= 11 is 0. The number of hydrogen-bond acceptors (Lipinski definition) is 6. The second kappa shape index (κ2) is 8.25.